The fourth-order valence-corrected chi connectivity index (χ4v) is 6.93. The highest BCUT2D eigenvalue weighted by atomic mass is 31.2. The van der Waals surface area contributed by atoms with Gasteiger partial charge in [-0.3, -0.25) is 14.1 Å². The summed E-state index contributed by atoms with van der Waals surface area (Å²) in [6.45, 7) is 5.90. The molecule has 0 aromatic heterocycles. The van der Waals surface area contributed by atoms with Gasteiger partial charge in [-0.05, 0) is 50.9 Å². The summed E-state index contributed by atoms with van der Waals surface area (Å²) in [4.78, 5) is 43.0. The molecule has 3 N–H and O–H groups in total. The topological polar surface area (TPSA) is 140 Å². The molecule has 0 saturated heterocycles. The molecule has 0 aliphatic heterocycles. The van der Waals surface area contributed by atoms with Crippen LogP contribution in [0.15, 0.2) is 48.6 Å². The van der Waals surface area contributed by atoms with Gasteiger partial charge in [0.15, 0.2) is 6.10 Å². The maximum Gasteiger partial charge on any atom is 0.469 e. The Kier molecular flexibility index (Phi) is 40.2. The lowest BCUT2D eigenvalue weighted by atomic mass is 9.99. The molecule has 0 aliphatic rings. The van der Waals surface area contributed by atoms with E-state index < -0.39 is 38.6 Å². The SMILES string of the molecule is CCCCC/C=C\C/C=C\C/C=C\C=C\[C@H](O)CCCC(=O)O[C@H](COC(=O)CCCCCCCCCCCCCCCCCCCCC(C)CC)COP(=O)(O)O. The van der Waals surface area contributed by atoms with Crippen LogP contribution < -0.4 is 0 Å². The predicted molar refractivity (Wildman–Crippen MR) is 240 cm³/mol. The van der Waals surface area contributed by atoms with Gasteiger partial charge in [0, 0.05) is 12.8 Å². The molecule has 0 bridgehead atoms. The molecular formula is C48H87O9P. The monoisotopic (exact) mass is 839 g/mol. The molecule has 0 aromatic carbocycles. The van der Waals surface area contributed by atoms with Crippen LogP contribution in [-0.4, -0.2) is 52.3 Å². The summed E-state index contributed by atoms with van der Waals surface area (Å²) in [5, 5.41) is 10.2. The molecule has 0 rings (SSSR count). The summed E-state index contributed by atoms with van der Waals surface area (Å²) in [7, 11) is -4.81. The van der Waals surface area contributed by atoms with E-state index in [2.05, 4.69) is 49.6 Å². The van der Waals surface area contributed by atoms with E-state index in [9.17, 15) is 19.3 Å². The zero-order valence-corrected chi connectivity index (χ0v) is 38.1. The number of unbranched alkanes of at least 4 members (excludes halogenated alkanes) is 20. The van der Waals surface area contributed by atoms with E-state index in [1.165, 1.54) is 122 Å². The summed E-state index contributed by atoms with van der Waals surface area (Å²) in [5.41, 5.74) is 0. The third kappa shape index (κ3) is 43.5. The van der Waals surface area contributed by atoms with Gasteiger partial charge in [0.1, 0.15) is 6.61 Å². The summed E-state index contributed by atoms with van der Waals surface area (Å²) < 4.78 is 26.3. The van der Waals surface area contributed by atoms with Gasteiger partial charge in [-0.1, -0.05) is 204 Å². The van der Waals surface area contributed by atoms with Gasteiger partial charge in [-0.25, -0.2) is 4.57 Å². The van der Waals surface area contributed by atoms with Crippen LogP contribution in [0.25, 0.3) is 0 Å². The first-order chi connectivity index (χ1) is 28.1. The molecular weight excluding hydrogens is 751 g/mol. The Balaban J connectivity index is 3.99. The largest absolute Gasteiger partial charge is 0.469 e. The molecule has 0 heterocycles. The molecule has 0 radical (unpaired) electrons. The number of aliphatic hydroxyl groups is 1. The van der Waals surface area contributed by atoms with E-state index >= 15 is 0 Å². The van der Waals surface area contributed by atoms with Gasteiger partial charge in [-0.15, -0.1) is 0 Å². The van der Waals surface area contributed by atoms with Crippen LogP contribution in [0.1, 0.15) is 213 Å². The van der Waals surface area contributed by atoms with Crippen molar-refractivity contribution in [3.05, 3.63) is 48.6 Å². The summed E-state index contributed by atoms with van der Waals surface area (Å²) in [6.07, 6.45) is 47.2. The number of phosphoric acid groups is 1. The van der Waals surface area contributed by atoms with Crippen LogP contribution in [-0.2, 0) is 28.2 Å². The average molecular weight is 839 g/mol. The Labute approximate surface area is 355 Å². The van der Waals surface area contributed by atoms with E-state index in [4.69, 9.17) is 19.3 Å². The van der Waals surface area contributed by atoms with Crippen molar-refractivity contribution in [2.24, 2.45) is 5.92 Å². The van der Waals surface area contributed by atoms with Crippen molar-refractivity contribution in [3.63, 3.8) is 0 Å². The van der Waals surface area contributed by atoms with Gasteiger partial charge in [0.05, 0.1) is 12.7 Å². The predicted octanol–water partition coefficient (Wildman–Crippen LogP) is 13.5. The molecule has 1 unspecified atom stereocenters. The molecule has 0 aliphatic carbocycles. The van der Waals surface area contributed by atoms with Gasteiger partial charge in [-0.2, -0.15) is 0 Å². The summed E-state index contributed by atoms with van der Waals surface area (Å²) in [6, 6.07) is 0. The molecule has 58 heavy (non-hydrogen) atoms. The van der Waals surface area contributed by atoms with Crippen LogP contribution in [0.4, 0.5) is 0 Å². The lowest BCUT2D eigenvalue weighted by Gasteiger charge is -2.18. The van der Waals surface area contributed by atoms with Crippen molar-refractivity contribution >= 4 is 19.8 Å². The van der Waals surface area contributed by atoms with Crippen molar-refractivity contribution in [1.29, 1.82) is 0 Å². The van der Waals surface area contributed by atoms with Crippen LogP contribution in [0.2, 0.25) is 0 Å². The Bertz CT molecular complexity index is 1110. The molecule has 0 saturated carbocycles. The third-order valence-corrected chi connectivity index (χ3v) is 11.0. The van der Waals surface area contributed by atoms with Crippen LogP contribution >= 0.6 is 7.82 Å². The minimum Gasteiger partial charge on any atom is -0.462 e. The molecule has 0 fully saturated rings. The lowest BCUT2D eigenvalue weighted by Crippen LogP contribution is -2.29. The van der Waals surface area contributed by atoms with Crippen molar-refractivity contribution in [2.75, 3.05) is 13.2 Å². The normalized spacial score (nSPS) is 14.0. The van der Waals surface area contributed by atoms with Crippen molar-refractivity contribution < 1.29 is 43.0 Å². The standard InChI is InChI=1S/C48H87O9P/c1-4-6-7-8-9-10-11-18-22-25-28-31-34-38-45(49)39-36-41-48(51)57-46(43-56-58(52,53)54)42-55-47(50)40-35-32-29-26-23-20-17-15-13-12-14-16-19-21-24-27-30-33-37-44(3)5-2/h9-10,18,22,28,31,34,38,44-46,49H,4-8,11-17,19-21,23-27,29-30,32-33,35-37,39-43H2,1-3H3,(H2,52,53,54)/b10-9-,22-18-,31-28-,38-34+/t44?,45-,46+/m0/s1. The highest BCUT2D eigenvalue weighted by molar-refractivity contribution is 7.46. The summed E-state index contributed by atoms with van der Waals surface area (Å²) >= 11 is 0. The van der Waals surface area contributed by atoms with Crippen molar-refractivity contribution in [1.82, 2.24) is 0 Å². The molecule has 3 atom stereocenters. The zero-order valence-electron chi connectivity index (χ0n) is 37.2. The quantitative estimate of drug-likeness (QED) is 0.0180. The third-order valence-electron chi connectivity index (χ3n) is 10.5. The van der Waals surface area contributed by atoms with E-state index in [1.807, 2.05) is 12.2 Å². The van der Waals surface area contributed by atoms with Crippen molar-refractivity contribution in [2.45, 2.75) is 226 Å². The van der Waals surface area contributed by atoms with Crippen LogP contribution in [0.5, 0.6) is 0 Å². The Morgan fingerprint density at radius 3 is 1.66 bits per heavy atom. The van der Waals surface area contributed by atoms with Gasteiger partial charge < -0.3 is 24.4 Å². The molecule has 338 valence electrons. The van der Waals surface area contributed by atoms with E-state index in [1.54, 1.807) is 12.2 Å². The first-order valence-electron chi connectivity index (χ1n) is 23.4. The van der Waals surface area contributed by atoms with Crippen molar-refractivity contribution in [3.8, 4) is 0 Å². The first-order valence-corrected chi connectivity index (χ1v) is 25.0. The summed E-state index contributed by atoms with van der Waals surface area (Å²) in [5.74, 6) is -0.186. The molecule has 10 heteroatoms. The Hall–Kier alpha value is -2.03. The number of aliphatic hydroxyl groups excluding tert-OH is 1. The van der Waals surface area contributed by atoms with Gasteiger partial charge >= 0.3 is 19.8 Å². The number of phosphoric ester groups is 1. The highest BCUT2D eigenvalue weighted by Crippen LogP contribution is 2.36. The maximum atomic E-state index is 12.4. The van der Waals surface area contributed by atoms with Gasteiger partial charge in [0.2, 0.25) is 0 Å². The number of carbonyl (C=O) groups is 2. The number of hydrogen-bond acceptors (Lipinski definition) is 7. The number of hydrogen-bond donors (Lipinski definition) is 3. The second kappa shape index (κ2) is 41.7. The highest BCUT2D eigenvalue weighted by Gasteiger charge is 2.23. The number of rotatable bonds is 42. The lowest BCUT2D eigenvalue weighted by molar-refractivity contribution is -0.161. The fourth-order valence-electron chi connectivity index (χ4n) is 6.57. The second-order valence-corrected chi connectivity index (χ2v) is 17.4. The minimum absolute atomic E-state index is 0.0159. The number of carbonyl (C=O) groups excluding carboxylic acids is 2. The van der Waals surface area contributed by atoms with E-state index in [-0.39, 0.29) is 19.4 Å². The number of allylic oxidation sites excluding steroid dienone is 7. The number of esters is 2. The van der Waals surface area contributed by atoms with Crippen LogP contribution in [0, 0.1) is 5.92 Å². The van der Waals surface area contributed by atoms with E-state index in [0.717, 1.165) is 44.4 Å². The average Bonchev–Trinajstić information content (AvgIpc) is 3.19. The Morgan fingerprint density at radius 2 is 1.10 bits per heavy atom. The molecule has 0 spiro atoms. The molecule has 9 nitrogen and oxygen atoms in total. The number of ether oxygens (including phenoxy) is 2. The van der Waals surface area contributed by atoms with Gasteiger partial charge in [0.25, 0.3) is 0 Å². The maximum absolute atomic E-state index is 12.4. The van der Waals surface area contributed by atoms with Crippen LogP contribution in [0.3, 0.4) is 0 Å². The second-order valence-electron chi connectivity index (χ2n) is 16.2. The fraction of sp³-hybridized carbons (Fsp3) is 0.792. The first kappa shape index (κ1) is 56.0. The molecule has 0 aromatic rings. The molecule has 0 amide bonds. The minimum atomic E-state index is -4.81. The smallest absolute Gasteiger partial charge is 0.462 e. The zero-order chi connectivity index (χ0) is 42.8. The Morgan fingerprint density at radius 1 is 0.586 bits per heavy atom. The van der Waals surface area contributed by atoms with E-state index in [0.29, 0.717) is 19.3 Å².